The van der Waals surface area contributed by atoms with Gasteiger partial charge in [0, 0.05) is 0 Å². The SMILES string of the molecule is CC1=NN(c2ccccc2)C(=O)[C@H]1S(=O)(=O)O. The molecule has 17 heavy (non-hydrogen) atoms. The van der Waals surface area contributed by atoms with Crippen LogP contribution in [-0.2, 0) is 14.9 Å². The van der Waals surface area contributed by atoms with E-state index in [1.54, 1.807) is 30.3 Å². The Bertz CT molecular complexity index is 580. The van der Waals surface area contributed by atoms with E-state index in [-0.39, 0.29) is 5.71 Å². The molecule has 1 N–H and O–H groups in total. The maximum absolute atomic E-state index is 11.8. The Labute approximate surface area is 98.3 Å². The van der Waals surface area contributed by atoms with Gasteiger partial charge < -0.3 is 0 Å². The summed E-state index contributed by atoms with van der Waals surface area (Å²) in [5, 5.41) is 3.23. The Morgan fingerprint density at radius 2 is 1.88 bits per heavy atom. The fourth-order valence-corrected chi connectivity index (χ4v) is 2.48. The fraction of sp³-hybridized carbons (Fsp3) is 0.200. The summed E-state index contributed by atoms with van der Waals surface area (Å²) >= 11 is 0. The van der Waals surface area contributed by atoms with Crippen molar-refractivity contribution in [1.82, 2.24) is 0 Å². The van der Waals surface area contributed by atoms with Crippen LogP contribution in [0.5, 0.6) is 0 Å². The number of benzene rings is 1. The molecule has 0 aromatic heterocycles. The molecule has 1 aliphatic rings. The average Bonchev–Trinajstić information content (AvgIpc) is 2.54. The van der Waals surface area contributed by atoms with Crippen molar-refractivity contribution in [3.8, 4) is 0 Å². The summed E-state index contributed by atoms with van der Waals surface area (Å²) in [5.41, 5.74) is 0.518. The quantitative estimate of drug-likeness (QED) is 0.785. The lowest BCUT2D eigenvalue weighted by atomic mass is 10.3. The second-order valence-corrected chi connectivity index (χ2v) is 5.12. The molecular weight excluding hydrogens is 244 g/mol. The number of hydrazone groups is 1. The van der Waals surface area contributed by atoms with Gasteiger partial charge in [0.15, 0.2) is 0 Å². The molecule has 1 atom stereocenters. The van der Waals surface area contributed by atoms with Crippen molar-refractivity contribution in [3.05, 3.63) is 30.3 Å². The van der Waals surface area contributed by atoms with E-state index < -0.39 is 21.3 Å². The number of hydrogen-bond acceptors (Lipinski definition) is 4. The van der Waals surface area contributed by atoms with E-state index in [0.29, 0.717) is 5.69 Å². The number of carbonyl (C=O) groups excluding carboxylic acids is 1. The molecule has 0 aliphatic carbocycles. The normalized spacial score (nSPS) is 20.6. The minimum Gasteiger partial charge on any atom is -0.285 e. The first-order chi connectivity index (χ1) is 7.91. The predicted octanol–water partition coefficient (Wildman–Crippen LogP) is 0.665. The van der Waals surface area contributed by atoms with E-state index in [2.05, 4.69) is 5.10 Å². The highest BCUT2D eigenvalue weighted by Crippen LogP contribution is 2.22. The van der Waals surface area contributed by atoms with E-state index in [1.165, 1.54) is 6.92 Å². The topological polar surface area (TPSA) is 87.0 Å². The number of rotatable bonds is 2. The fourth-order valence-electron chi connectivity index (χ4n) is 1.65. The number of para-hydroxylation sites is 1. The number of hydrogen-bond donors (Lipinski definition) is 1. The third-order valence-electron chi connectivity index (χ3n) is 2.37. The van der Waals surface area contributed by atoms with Crippen LogP contribution in [0.3, 0.4) is 0 Å². The number of amides is 1. The molecule has 1 heterocycles. The van der Waals surface area contributed by atoms with Crippen LogP contribution in [0, 0.1) is 0 Å². The maximum Gasteiger partial charge on any atom is 0.282 e. The van der Waals surface area contributed by atoms with Crippen molar-refractivity contribution in [3.63, 3.8) is 0 Å². The molecule has 1 aliphatic heterocycles. The molecule has 1 aromatic rings. The first-order valence-corrected chi connectivity index (χ1v) is 6.32. The van der Waals surface area contributed by atoms with Crippen LogP contribution in [0.1, 0.15) is 6.92 Å². The third-order valence-corrected chi connectivity index (χ3v) is 3.51. The highest BCUT2D eigenvalue weighted by Gasteiger charge is 2.42. The summed E-state index contributed by atoms with van der Waals surface area (Å²) in [6, 6.07) is 8.42. The maximum atomic E-state index is 11.8. The molecular formula is C10H10N2O4S. The van der Waals surface area contributed by atoms with Gasteiger partial charge in [0.25, 0.3) is 16.0 Å². The summed E-state index contributed by atoms with van der Waals surface area (Å²) in [6.07, 6.45) is 0. The Morgan fingerprint density at radius 1 is 1.29 bits per heavy atom. The molecule has 6 nitrogen and oxygen atoms in total. The second-order valence-electron chi connectivity index (χ2n) is 3.62. The van der Waals surface area contributed by atoms with Gasteiger partial charge in [0.1, 0.15) is 0 Å². The van der Waals surface area contributed by atoms with Crippen LogP contribution in [0.4, 0.5) is 5.69 Å². The Hall–Kier alpha value is -1.73. The van der Waals surface area contributed by atoms with Gasteiger partial charge in [0.05, 0.1) is 11.4 Å². The molecule has 7 heteroatoms. The van der Waals surface area contributed by atoms with Crippen molar-refractivity contribution in [2.24, 2.45) is 5.10 Å². The van der Waals surface area contributed by atoms with E-state index in [0.717, 1.165) is 5.01 Å². The largest absolute Gasteiger partial charge is 0.285 e. The summed E-state index contributed by atoms with van der Waals surface area (Å²) in [7, 11) is -4.46. The Balaban J connectivity index is 2.41. The summed E-state index contributed by atoms with van der Waals surface area (Å²) < 4.78 is 31.1. The van der Waals surface area contributed by atoms with Gasteiger partial charge in [-0.15, -0.1) is 0 Å². The summed E-state index contributed by atoms with van der Waals surface area (Å²) in [4.78, 5) is 11.8. The van der Waals surface area contributed by atoms with Gasteiger partial charge in [-0.3, -0.25) is 9.35 Å². The van der Waals surface area contributed by atoms with Crippen LogP contribution in [0.15, 0.2) is 35.4 Å². The summed E-state index contributed by atoms with van der Waals surface area (Å²) in [6.45, 7) is 1.39. The second kappa shape index (κ2) is 3.94. The van der Waals surface area contributed by atoms with Crippen LogP contribution in [0.25, 0.3) is 0 Å². The molecule has 0 unspecified atom stereocenters. The van der Waals surface area contributed by atoms with Crippen LogP contribution < -0.4 is 5.01 Å². The van der Waals surface area contributed by atoms with E-state index in [1.807, 2.05) is 0 Å². The lowest BCUT2D eigenvalue weighted by Crippen LogP contribution is -2.37. The van der Waals surface area contributed by atoms with Gasteiger partial charge in [-0.1, -0.05) is 18.2 Å². The molecule has 1 aromatic carbocycles. The van der Waals surface area contributed by atoms with Gasteiger partial charge in [0.2, 0.25) is 5.25 Å². The average molecular weight is 254 g/mol. The first-order valence-electron chi connectivity index (χ1n) is 4.81. The molecule has 0 saturated heterocycles. The van der Waals surface area contributed by atoms with E-state index >= 15 is 0 Å². The molecule has 0 saturated carbocycles. The number of carbonyl (C=O) groups is 1. The van der Waals surface area contributed by atoms with Gasteiger partial charge in [-0.25, -0.2) is 0 Å². The zero-order valence-electron chi connectivity index (χ0n) is 8.94. The number of anilines is 1. The lowest BCUT2D eigenvalue weighted by molar-refractivity contribution is -0.116. The minimum absolute atomic E-state index is 0.0568. The van der Waals surface area contributed by atoms with E-state index in [9.17, 15) is 13.2 Å². The third kappa shape index (κ3) is 2.06. The predicted molar refractivity (Wildman–Crippen MR) is 62.4 cm³/mol. The zero-order valence-corrected chi connectivity index (χ0v) is 9.76. The smallest absolute Gasteiger partial charge is 0.282 e. The lowest BCUT2D eigenvalue weighted by Gasteiger charge is -2.12. The molecule has 0 radical (unpaired) electrons. The molecule has 1 amide bonds. The van der Waals surface area contributed by atoms with E-state index in [4.69, 9.17) is 4.55 Å². The van der Waals surface area contributed by atoms with Gasteiger partial charge in [-0.2, -0.15) is 18.5 Å². The van der Waals surface area contributed by atoms with Crippen molar-refractivity contribution in [1.29, 1.82) is 0 Å². The molecule has 0 bridgehead atoms. The highest BCUT2D eigenvalue weighted by atomic mass is 32.2. The monoisotopic (exact) mass is 254 g/mol. The molecule has 2 rings (SSSR count). The Morgan fingerprint density at radius 3 is 2.35 bits per heavy atom. The summed E-state index contributed by atoms with van der Waals surface area (Å²) in [5.74, 6) is -0.767. The van der Waals surface area contributed by atoms with Crippen molar-refractivity contribution < 1.29 is 17.8 Å². The van der Waals surface area contributed by atoms with Crippen molar-refractivity contribution in [2.75, 3.05) is 5.01 Å². The van der Waals surface area contributed by atoms with Gasteiger partial charge >= 0.3 is 0 Å². The Kier molecular flexibility index (Phi) is 2.72. The standard InChI is InChI=1S/C10H10N2O4S/c1-7-9(17(14,15)16)10(13)12(11-7)8-5-3-2-4-6-8/h2-6,9H,1H3,(H,14,15,16)/t9-/m0/s1. The highest BCUT2D eigenvalue weighted by molar-refractivity contribution is 7.88. The molecule has 0 spiro atoms. The van der Waals surface area contributed by atoms with Gasteiger partial charge in [-0.05, 0) is 19.1 Å². The van der Waals surface area contributed by atoms with Crippen LogP contribution in [0.2, 0.25) is 0 Å². The minimum atomic E-state index is -4.46. The van der Waals surface area contributed by atoms with Crippen LogP contribution in [-0.4, -0.2) is 29.8 Å². The van der Waals surface area contributed by atoms with Crippen molar-refractivity contribution >= 4 is 27.4 Å². The zero-order chi connectivity index (χ0) is 12.6. The molecule has 0 fully saturated rings. The first kappa shape index (κ1) is 11.7. The molecule has 90 valence electrons. The van der Waals surface area contributed by atoms with Crippen molar-refractivity contribution in [2.45, 2.75) is 12.2 Å². The van der Waals surface area contributed by atoms with Crippen LogP contribution >= 0.6 is 0 Å². The number of nitrogens with zero attached hydrogens (tertiary/aromatic N) is 2.